The van der Waals surface area contributed by atoms with Crippen LogP contribution in [-0.2, 0) is 17.6 Å². The van der Waals surface area contributed by atoms with Gasteiger partial charge in [-0.2, -0.15) is 4.98 Å². The molecular formula is C17H21N3O4. The maximum Gasteiger partial charge on any atom is 0.227 e. The number of benzene rings is 1. The molecule has 1 aromatic heterocycles. The number of nitrogens with two attached hydrogens (primary N) is 1. The largest absolute Gasteiger partial charge is 0.486 e. The van der Waals surface area contributed by atoms with Crippen molar-refractivity contribution in [2.24, 2.45) is 11.1 Å². The Labute approximate surface area is 140 Å². The van der Waals surface area contributed by atoms with E-state index in [9.17, 15) is 0 Å². The highest BCUT2D eigenvalue weighted by molar-refractivity contribution is 5.40. The Hall–Kier alpha value is -2.12. The van der Waals surface area contributed by atoms with E-state index in [4.69, 9.17) is 24.5 Å². The first kappa shape index (κ1) is 15.4. The summed E-state index contributed by atoms with van der Waals surface area (Å²) in [5, 5.41) is 4.07. The molecule has 24 heavy (non-hydrogen) atoms. The Kier molecular flexibility index (Phi) is 4.12. The Morgan fingerprint density at radius 2 is 2.12 bits per heavy atom. The van der Waals surface area contributed by atoms with Gasteiger partial charge in [0, 0.05) is 25.0 Å². The monoisotopic (exact) mass is 331 g/mol. The van der Waals surface area contributed by atoms with Gasteiger partial charge >= 0.3 is 0 Å². The molecule has 2 N–H and O–H groups in total. The van der Waals surface area contributed by atoms with Crippen LogP contribution in [0.15, 0.2) is 28.8 Å². The quantitative estimate of drug-likeness (QED) is 0.884. The summed E-state index contributed by atoms with van der Waals surface area (Å²) >= 11 is 0. The minimum atomic E-state index is -0.122. The fraction of sp³-hybridized carbons (Fsp3) is 0.529. The second-order valence-corrected chi connectivity index (χ2v) is 6.49. The molecular weight excluding hydrogens is 310 g/mol. The van der Waals surface area contributed by atoms with Crippen LogP contribution in [-0.4, -0.2) is 42.6 Å². The highest BCUT2D eigenvalue weighted by Gasteiger charge is 2.36. The van der Waals surface area contributed by atoms with Gasteiger partial charge in [0.15, 0.2) is 17.3 Å². The molecule has 2 unspecified atom stereocenters. The lowest BCUT2D eigenvalue weighted by molar-refractivity contribution is 0.0894. The van der Waals surface area contributed by atoms with E-state index in [1.165, 1.54) is 0 Å². The number of para-hydroxylation sites is 2. The lowest BCUT2D eigenvalue weighted by atomic mass is 9.84. The summed E-state index contributed by atoms with van der Waals surface area (Å²) in [5.74, 6) is 2.76. The molecule has 2 aliphatic heterocycles. The van der Waals surface area contributed by atoms with Crippen molar-refractivity contribution in [1.82, 2.24) is 10.1 Å². The van der Waals surface area contributed by atoms with E-state index in [0.717, 1.165) is 24.5 Å². The van der Waals surface area contributed by atoms with Gasteiger partial charge in [-0.25, -0.2) is 0 Å². The van der Waals surface area contributed by atoms with E-state index in [1.807, 2.05) is 24.3 Å². The molecule has 128 valence electrons. The smallest absolute Gasteiger partial charge is 0.227 e. The van der Waals surface area contributed by atoms with Gasteiger partial charge in [0.05, 0.1) is 13.0 Å². The van der Waals surface area contributed by atoms with Gasteiger partial charge in [-0.05, 0) is 18.6 Å². The molecule has 0 spiro atoms. The minimum absolute atomic E-state index is 0.0762. The van der Waals surface area contributed by atoms with E-state index in [2.05, 4.69) is 10.1 Å². The van der Waals surface area contributed by atoms with Crippen LogP contribution >= 0.6 is 0 Å². The SMILES string of the molecule is NCC1(Cc2nc(CC3COc4ccccc4O3)no2)CCOC1. The molecule has 1 fully saturated rings. The number of ether oxygens (including phenoxy) is 3. The van der Waals surface area contributed by atoms with Crippen LogP contribution in [0.25, 0.3) is 0 Å². The van der Waals surface area contributed by atoms with Gasteiger partial charge in [-0.1, -0.05) is 17.3 Å². The summed E-state index contributed by atoms with van der Waals surface area (Å²) < 4.78 is 22.5. The van der Waals surface area contributed by atoms with E-state index >= 15 is 0 Å². The van der Waals surface area contributed by atoms with Crippen LogP contribution in [0, 0.1) is 5.41 Å². The number of hydrogen-bond donors (Lipinski definition) is 1. The number of rotatable bonds is 5. The molecule has 2 atom stereocenters. The summed E-state index contributed by atoms with van der Waals surface area (Å²) in [5.41, 5.74) is 5.84. The molecule has 1 saturated heterocycles. The van der Waals surface area contributed by atoms with Crippen LogP contribution in [0.4, 0.5) is 0 Å². The molecule has 4 rings (SSSR count). The standard InChI is InChI=1S/C17H21N3O4/c18-10-17(5-6-21-11-17)8-16-19-15(20-24-16)7-12-9-22-13-3-1-2-4-14(13)23-12/h1-4,12H,5-11,18H2. The maximum atomic E-state index is 5.93. The third kappa shape index (κ3) is 3.09. The molecule has 7 nitrogen and oxygen atoms in total. The second kappa shape index (κ2) is 6.41. The van der Waals surface area contributed by atoms with Crippen molar-refractivity contribution in [3.05, 3.63) is 36.0 Å². The van der Waals surface area contributed by atoms with Crippen LogP contribution < -0.4 is 15.2 Å². The molecule has 0 bridgehead atoms. The molecule has 0 amide bonds. The Bertz CT molecular complexity index is 697. The van der Waals surface area contributed by atoms with Crippen molar-refractivity contribution >= 4 is 0 Å². The fourth-order valence-corrected chi connectivity index (χ4v) is 3.16. The van der Waals surface area contributed by atoms with E-state index in [0.29, 0.717) is 44.3 Å². The minimum Gasteiger partial charge on any atom is -0.486 e. The Morgan fingerprint density at radius 3 is 2.92 bits per heavy atom. The van der Waals surface area contributed by atoms with Crippen molar-refractivity contribution in [3.63, 3.8) is 0 Å². The zero-order valence-electron chi connectivity index (χ0n) is 13.4. The molecule has 2 aliphatic rings. The molecule has 7 heteroatoms. The molecule has 1 aromatic carbocycles. The third-order valence-corrected chi connectivity index (χ3v) is 4.63. The Balaban J connectivity index is 1.39. The maximum absolute atomic E-state index is 5.93. The van der Waals surface area contributed by atoms with E-state index in [-0.39, 0.29) is 11.5 Å². The average molecular weight is 331 g/mol. The number of fused-ring (bicyclic) bond motifs is 1. The topological polar surface area (TPSA) is 92.6 Å². The van der Waals surface area contributed by atoms with E-state index in [1.54, 1.807) is 0 Å². The van der Waals surface area contributed by atoms with Crippen LogP contribution in [0.2, 0.25) is 0 Å². The van der Waals surface area contributed by atoms with Gasteiger partial charge in [0.2, 0.25) is 5.89 Å². The highest BCUT2D eigenvalue weighted by atomic mass is 16.6. The lowest BCUT2D eigenvalue weighted by Crippen LogP contribution is -2.33. The zero-order chi connectivity index (χ0) is 16.4. The zero-order valence-corrected chi connectivity index (χ0v) is 13.4. The first-order valence-electron chi connectivity index (χ1n) is 8.24. The van der Waals surface area contributed by atoms with Crippen molar-refractivity contribution in [2.75, 3.05) is 26.4 Å². The summed E-state index contributed by atoms with van der Waals surface area (Å²) in [6.45, 7) is 2.42. The molecule has 0 saturated carbocycles. The predicted octanol–water partition coefficient (Wildman–Crippen LogP) is 1.36. The number of hydrogen-bond acceptors (Lipinski definition) is 7. The fourth-order valence-electron chi connectivity index (χ4n) is 3.16. The van der Waals surface area contributed by atoms with Gasteiger partial charge in [0.25, 0.3) is 0 Å². The van der Waals surface area contributed by atoms with Crippen molar-refractivity contribution in [2.45, 2.75) is 25.4 Å². The highest BCUT2D eigenvalue weighted by Crippen LogP contribution is 2.32. The molecule has 0 aliphatic carbocycles. The normalized spacial score (nSPS) is 25.8. The van der Waals surface area contributed by atoms with E-state index < -0.39 is 0 Å². The molecule has 2 aromatic rings. The van der Waals surface area contributed by atoms with Crippen molar-refractivity contribution < 1.29 is 18.7 Å². The Morgan fingerprint density at radius 1 is 1.25 bits per heavy atom. The molecule has 3 heterocycles. The third-order valence-electron chi connectivity index (χ3n) is 4.63. The van der Waals surface area contributed by atoms with Gasteiger partial charge in [-0.3, -0.25) is 0 Å². The first-order valence-corrected chi connectivity index (χ1v) is 8.24. The van der Waals surface area contributed by atoms with Crippen molar-refractivity contribution in [3.8, 4) is 11.5 Å². The van der Waals surface area contributed by atoms with Gasteiger partial charge in [0.1, 0.15) is 12.7 Å². The van der Waals surface area contributed by atoms with Gasteiger partial charge < -0.3 is 24.5 Å². The summed E-state index contributed by atoms with van der Waals surface area (Å²) in [6.07, 6.45) is 2.01. The lowest BCUT2D eigenvalue weighted by Gasteiger charge is -2.25. The van der Waals surface area contributed by atoms with Crippen LogP contribution in [0.3, 0.4) is 0 Å². The van der Waals surface area contributed by atoms with Gasteiger partial charge in [-0.15, -0.1) is 0 Å². The van der Waals surface area contributed by atoms with Crippen LogP contribution in [0.5, 0.6) is 11.5 Å². The summed E-state index contributed by atoms with van der Waals surface area (Å²) in [7, 11) is 0. The molecule has 0 radical (unpaired) electrons. The van der Waals surface area contributed by atoms with Crippen LogP contribution in [0.1, 0.15) is 18.1 Å². The summed E-state index contributed by atoms with van der Waals surface area (Å²) in [6, 6.07) is 7.64. The predicted molar refractivity (Wildman–Crippen MR) is 85.0 cm³/mol. The summed E-state index contributed by atoms with van der Waals surface area (Å²) in [4.78, 5) is 4.49. The second-order valence-electron chi connectivity index (χ2n) is 6.49. The first-order chi connectivity index (χ1) is 11.8. The van der Waals surface area contributed by atoms with Crippen molar-refractivity contribution in [1.29, 1.82) is 0 Å². The average Bonchev–Trinajstić information content (AvgIpc) is 3.25. The number of nitrogens with zero attached hydrogens (tertiary/aromatic N) is 2. The number of aromatic nitrogens is 2.